The van der Waals surface area contributed by atoms with Crippen molar-refractivity contribution in [3.8, 4) is 11.4 Å². The van der Waals surface area contributed by atoms with Crippen molar-refractivity contribution in [3.05, 3.63) is 98.8 Å². The molecule has 4 aromatic rings. The van der Waals surface area contributed by atoms with Crippen LogP contribution in [-0.4, -0.2) is 25.7 Å². The lowest BCUT2D eigenvalue weighted by Gasteiger charge is -2.28. The Hall–Kier alpha value is -3.39. The molecule has 1 aliphatic rings. The first kappa shape index (κ1) is 22.4. The Bertz CT molecular complexity index is 1420. The van der Waals surface area contributed by atoms with E-state index in [1.807, 2.05) is 25.1 Å². The number of rotatable bonds is 4. The monoisotopic (exact) mass is 510 g/mol. The fourth-order valence-corrected chi connectivity index (χ4v) is 4.21. The van der Waals surface area contributed by atoms with E-state index in [9.17, 15) is 4.79 Å². The zero-order chi connectivity index (χ0) is 23.8. The minimum absolute atomic E-state index is 0.325. The van der Waals surface area contributed by atoms with Crippen molar-refractivity contribution >= 4 is 52.5 Å². The summed E-state index contributed by atoms with van der Waals surface area (Å²) in [6.07, 6.45) is 1.61. The molecule has 2 aromatic carbocycles. The van der Waals surface area contributed by atoms with Gasteiger partial charge < -0.3 is 10.6 Å². The molecule has 0 aliphatic carbocycles. The van der Waals surface area contributed by atoms with Gasteiger partial charge in [-0.1, -0.05) is 46.9 Å². The van der Waals surface area contributed by atoms with Gasteiger partial charge >= 0.3 is 0 Å². The first-order chi connectivity index (χ1) is 16.4. The highest BCUT2D eigenvalue weighted by Crippen LogP contribution is 2.38. The number of carbonyl (C=O) groups is 1. The molecule has 0 fully saturated rings. The number of fused-ring (bicyclic) bond motifs is 1. The molecule has 2 N–H and O–H groups in total. The Morgan fingerprint density at radius 1 is 1.03 bits per heavy atom. The van der Waals surface area contributed by atoms with Crippen molar-refractivity contribution in [3.63, 3.8) is 0 Å². The van der Waals surface area contributed by atoms with Crippen LogP contribution < -0.4 is 10.6 Å². The molecule has 0 saturated carbocycles. The zero-order valence-corrected chi connectivity index (χ0v) is 20.0. The lowest BCUT2D eigenvalue weighted by atomic mass is 9.95. The summed E-state index contributed by atoms with van der Waals surface area (Å²) in [6.45, 7) is 1.82. The van der Waals surface area contributed by atoms with Crippen LogP contribution in [0.2, 0.25) is 15.1 Å². The summed E-state index contributed by atoms with van der Waals surface area (Å²) in [5.74, 6) is 1.09. The number of hydrogen-bond donors (Lipinski definition) is 2. The maximum atomic E-state index is 13.5. The van der Waals surface area contributed by atoms with Crippen molar-refractivity contribution in [1.29, 1.82) is 0 Å². The van der Waals surface area contributed by atoms with E-state index in [1.54, 1.807) is 53.3 Å². The summed E-state index contributed by atoms with van der Waals surface area (Å²) in [5.41, 5.74) is 2.60. The lowest BCUT2D eigenvalue weighted by molar-refractivity contribution is -0.113. The molecule has 0 bridgehead atoms. The Kier molecular flexibility index (Phi) is 6.00. The van der Waals surface area contributed by atoms with Crippen LogP contribution in [0.3, 0.4) is 0 Å². The van der Waals surface area contributed by atoms with Gasteiger partial charge in [0.1, 0.15) is 11.9 Å². The van der Waals surface area contributed by atoms with E-state index in [4.69, 9.17) is 39.9 Å². The third-order valence-corrected chi connectivity index (χ3v) is 6.36. The number of halogens is 3. The first-order valence-electron chi connectivity index (χ1n) is 10.3. The van der Waals surface area contributed by atoms with Crippen LogP contribution in [0.5, 0.6) is 0 Å². The molecule has 10 heteroatoms. The van der Waals surface area contributed by atoms with Crippen LogP contribution >= 0.6 is 34.8 Å². The van der Waals surface area contributed by atoms with Crippen LogP contribution in [0.4, 0.5) is 11.8 Å². The van der Waals surface area contributed by atoms with Gasteiger partial charge in [-0.2, -0.15) is 4.98 Å². The van der Waals surface area contributed by atoms with E-state index < -0.39 is 6.04 Å². The maximum Gasteiger partial charge on any atom is 0.257 e. The van der Waals surface area contributed by atoms with Gasteiger partial charge in [0.15, 0.2) is 5.82 Å². The van der Waals surface area contributed by atoms with E-state index in [2.05, 4.69) is 20.6 Å². The first-order valence-corrected chi connectivity index (χ1v) is 11.4. The molecule has 0 saturated heterocycles. The lowest BCUT2D eigenvalue weighted by Crippen LogP contribution is -2.31. The number of aromatic nitrogens is 4. The highest BCUT2D eigenvalue weighted by molar-refractivity contribution is 6.42. The molecular formula is C24H17Cl3N6O. The second-order valence-electron chi connectivity index (χ2n) is 7.62. The number of nitrogens with zero attached hydrogens (tertiary/aromatic N) is 4. The Morgan fingerprint density at radius 2 is 1.82 bits per heavy atom. The van der Waals surface area contributed by atoms with Gasteiger partial charge in [0, 0.05) is 22.5 Å². The summed E-state index contributed by atoms with van der Waals surface area (Å²) in [7, 11) is 0. The predicted octanol–water partition coefficient (Wildman–Crippen LogP) is 6.23. The van der Waals surface area contributed by atoms with Crippen molar-refractivity contribution in [2.75, 3.05) is 10.6 Å². The number of amides is 1. The van der Waals surface area contributed by atoms with Gasteiger partial charge in [-0.25, -0.2) is 9.67 Å². The molecule has 1 unspecified atom stereocenters. The van der Waals surface area contributed by atoms with Crippen molar-refractivity contribution in [2.24, 2.45) is 0 Å². The average molecular weight is 512 g/mol. The molecule has 34 heavy (non-hydrogen) atoms. The van der Waals surface area contributed by atoms with Gasteiger partial charge in [0.2, 0.25) is 5.95 Å². The number of pyridine rings is 1. The predicted molar refractivity (Wildman–Crippen MR) is 134 cm³/mol. The number of benzene rings is 2. The van der Waals surface area contributed by atoms with Crippen LogP contribution in [-0.2, 0) is 4.79 Å². The number of carbonyl (C=O) groups excluding carboxylic acids is 1. The van der Waals surface area contributed by atoms with Crippen molar-refractivity contribution in [2.45, 2.75) is 13.0 Å². The van der Waals surface area contributed by atoms with E-state index in [1.165, 1.54) is 0 Å². The van der Waals surface area contributed by atoms with Gasteiger partial charge in [-0.05, 0) is 61.0 Å². The van der Waals surface area contributed by atoms with Crippen molar-refractivity contribution in [1.82, 2.24) is 19.7 Å². The minimum Gasteiger partial charge on any atom is -0.328 e. The largest absolute Gasteiger partial charge is 0.328 e. The summed E-state index contributed by atoms with van der Waals surface area (Å²) < 4.78 is 1.67. The third-order valence-electron chi connectivity index (χ3n) is 5.37. The second kappa shape index (κ2) is 9.10. The number of anilines is 2. The fraction of sp³-hybridized carbons (Fsp3) is 0.0833. The van der Waals surface area contributed by atoms with E-state index >= 15 is 0 Å². The highest BCUT2D eigenvalue weighted by Gasteiger charge is 2.35. The number of hydrogen-bond acceptors (Lipinski definition) is 5. The second-order valence-corrected chi connectivity index (χ2v) is 8.87. The van der Waals surface area contributed by atoms with Crippen molar-refractivity contribution < 1.29 is 4.79 Å². The summed E-state index contributed by atoms with van der Waals surface area (Å²) in [5, 5.41) is 12.2. The molecule has 0 radical (unpaired) electrons. The molecule has 7 nitrogen and oxygen atoms in total. The quantitative estimate of drug-likeness (QED) is 0.339. The summed E-state index contributed by atoms with van der Waals surface area (Å²) in [6, 6.07) is 17.2. The van der Waals surface area contributed by atoms with E-state index in [0.29, 0.717) is 43.9 Å². The van der Waals surface area contributed by atoms with Crippen LogP contribution in [0.15, 0.2) is 78.1 Å². The Balaban J connectivity index is 1.62. The van der Waals surface area contributed by atoms with Crippen LogP contribution in [0.1, 0.15) is 18.5 Å². The van der Waals surface area contributed by atoms with Gasteiger partial charge in [-0.3, -0.25) is 4.79 Å². The summed E-state index contributed by atoms with van der Waals surface area (Å²) in [4.78, 5) is 22.3. The van der Waals surface area contributed by atoms with Crippen LogP contribution in [0, 0.1) is 0 Å². The molecule has 1 atom stereocenters. The van der Waals surface area contributed by atoms with Crippen LogP contribution in [0.25, 0.3) is 11.4 Å². The number of allylic oxidation sites excluding steroid dienone is 1. The molecular weight excluding hydrogens is 495 g/mol. The topological polar surface area (TPSA) is 84.7 Å². The molecule has 1 aliphatic heterocycles. The van der Waals surface area contributed by atoms with Gasteiger partial charge in [-0.15, -0.1) is 5.10 Å². The SMILES string of the molecule is CC1=C(C(=O)Nc2ccccn2)C(c2ccc(Cl)c(Cl)c2)n2nc(-c3ccc(Cl)cc3)nc2N1. The molecule has 170 valence electrons. The fourth-order valence-electron chi connectivity index (χ4n) is 3.78. The third kappa shape index (κ3) is 4.25. The van der Waals surface area contributed by atoms with Gasteiger partial charge in [0.05, 0.1) is 15.6 Å². The molecule has 3 heterocycles. The molecule has 2 aromatic heterocycles. The highest BCUT2D eigenvalue weighted by atomic mass is 35.5. The molecule has 5 rings (SSSR count). The van der Waals surface area contributed by atoms with Gasteiger partial charge in [0.25, 0.3) is 5.91 Å². The minimum atomic E-state index is -0.608. The van der Waals surface area contributed by atoms with E-state index in [0.717, 1.165) is 11.1 Å². The maximum absolute atomic E-state index is 13.5. The Morgan fingerprint density at radius 3 is 2.53 bits per heavy atom. The standard InChI is InChI=1S/C24H17Cl3N6O/c1-13-20(23(34)30-19-4-2-3-11-28-19)21(15-7-10-17(26)18(27)12-15)33-24(29-13)31-22(32-33)14-5-8-16(25)9-6-14/h2-12,21H,1H3,(H,28,30,34)(H,29,31,32). The number of nitrogens with one attached hydrogen (secondary N) is 2. The normalized spacial score (nSPS) is 15.0. The van der Waals surface area contributed by atoms with E-state index in [-0.39, 0.29) is 5.91 Å². The Labute approximate surface area is 210 Å². The zero-order valence-electron chi connectivity index (χ0n) is 17.8. The average Bonchev–Trinajstić information content (AvgIpc) is 3.24. The smallest absolute Gasteiger partial charge is 0.257 e. The molecule has 1 amide bonds. The molecule has 0 spiro atoms. The summed E-state index contributed by atoms with van der Waals surface area (Å²) >= 11 is 18.5.